The number of fused-ring (bicyclic) bond motifs is 3. The molecule has 2 heteroatoms. The maximum Gasteiger partial charge on any atom is 0.246 e. The van der Waals surface area contributed by atoms with Crippen molar-refractivity contribution in [1.29, 1.82) is 0 Å². The van der Waals surface area contributed by atoms with Crippen molar-refractivity contribution in [2.24, 2.45) is 0 Å². The largest absolute Gasteiger partial charge is 0.345 e. The fourth-order valence-electron chi connectivity index (χ4n) is 6.91. The van der Waals surface area contributed by atoms with Gasteiger partial charge in [-0.25, -0.2) is 0 Å². The molecule has 6 aromatic carbocycles. The first-order valence-corrected chi connectivity index (χ1v) is 13.6. The van der Waals surface area contributed by atoms with Gasteiger partial charge in [-0.05, 0) is 66.9 Å². The normalized spacial score (nSPS) is 13.4. The quantitative estimate of drug-likeness (QED) is 0.189. The van der Waals surface area contributed by atoms with E-state index in [1.165, 1.54) is 71.2 Å². The molecule has 6 aromatic rings. The van der Waals surface area contributed by atoms with Gasteiger partial charge in [0.15, 0.2) is 0 Å². The van der Waals surface area contributed by atoms with Gasteiger partial charge in [0.05, 0.1) is 0 Å². The molecule has 0 spiro atoms. The van der Waals surface area contributed by atoms with Crippen LogP contribution in [0, 0.1) is 0 Å². The zero-order valence-corrected chi connectivity index (χ0v) is 22.3. The number of anilines is 2. The standard InChI is InChI=1S/C35H32BN/c1-21(2)28-20-29(22(3)4)26-17-18-27-33-23(15-16-25(28)34(26)33)19-31-35(27)37(5)32-14-10-9-13-30(32)36(31)24-11-7-6-8-12-24/h6-22H,1-5H3. The van der Waals surface area contributed by atoms with E-state index < -0.39 is 0 Å². The highest BCUT2D eigenvalue weighted by atomic mass is 15.1. The maximum atomic E-state index is 2.48. The molecule has 0 unspecified atom stereocenters. The van der Waals surface area contributed by atoms with Crippen molar-refractivity contribution < 1.29 is 0 Å². The third kappa shape index (κ3) is 3.11. The van der Waals surface area contributed by atoms with Crippen LogP contribution in [-0.2, 0) is 0 Å². The molecular formula is C35H32BN. The molecule has 0 amide bonds. The number of nitrogens with zero attached hydrogens (tertiary/aromatic N) is 1. The number of para-hydroxylation sites is 1. The highest BCUT2D eigenvalue weighted by Gasteiger charge is 2.35. The van der Waals surface area contributed by atoms with Crippen LogP contribution < -0.4 is 21.3 Å². The summed E-state index contributed by atoms with van der Waals surface area (Å²) in [5.41, 5.74) is 9.68. The van der Waals surface area contributed by atoms with Crippen LogP contribution in [0.2, 0.25) is 0 Å². The van der Waals surface area contributed by atoms with Crippen molar-refractivity contribution in [1.82, 2.24) is 0 Å². The van der Waals surface area contributed by atoms with Crippen LogP contribution in [0.25, 0.3) is 32.3 Å². The van der Waals surface area contributed by atoms with Crippen molar-refractivity contribution in [3.05, 3.63) is 102 Å². The second kappa shape index (κ2) is 8.11. The molecule has 0 saturated heterocycles. The average Bonchev–Trinajstić information content (AvgIpc) is 2.91. The van der Waals surface area contributed by atoms with Gasteiger partial charge in [-0.3, -0.25) is 0 Å². The number of hydrogen-bond donors (Lipinski definition) is 0. The molecule has 0 atom stereocenters. The van der Waals surface area contributed by atoms with E-state index in [9.17, 15) is 0 Å². The van der Waals surface area contributed by atoms with Crippen molar-refractivity contribution >= 4 is 66.8 Å². The lowest BCUT2D eigenvalue weighted by atomic mass is 9.35. The van der Waals surface area contributed by atoms with Crippen molar-refractivity contribution in [2.45, 2.75) is 39.5 Å². The number of rotatable bonds is 3. The fourth-order valence-corrected chi connectivity index (χ4v) is 6.91. The number of hydrogen-bond acceptors (Lipinski definition) is 1. The molecule has 1 aliphatic rings. The van der Waals surface area contributed by atoms with Crippen LogP contribution in [0.15, 0.2) is 91.0 Å². The van der Waals surface area contributed by atoms with Crippen LogP contribution in [0.5, 0.6) is 0 Å². The Bertz CT molecular complexity index is 1770. The molecule has 37 heavy (non-hydrogen) atoms. The van der Waals surface area contributed by atoms with E-state index >= 15 is 0 Å². The van der Waals surface area contributed by atoms with Crippen LogP contribution >= 0.6 is 0 Å². The van der Waals surface area contributed by atoms with Gasteiger partial charge in [-0.2, -0.15) is 0 Å². The topological polar surface area (TPSA) is 3.24 Å². The van der Waals surface area contributed by atoms with E-state index in [1.807, 2.05) is 0 Å². The monoisotopic (exact) mass is 477 g/mol. The molecule has 0 radical (unpaired) electrons. The summed E-state index contributed by atoms with van der Waals surface area (Å²) in [5.74, 6) is 0.959. The molecule has 180 valence electrons. The van der Waals surface area contributed by atoms with E-state index in [0.717, 1.165) is 0 Å². The first-order valence-electron chi connectivity index (χ1n) is 13.6. The Labute approximate surface area is 220 Å². The summed E-state index contributed by atoms with van der Waals surface area (Å²) in [5, 5.41) is 8.37. The van der Waals surface area contributed by atoms with Gasteiger partial charge < -0.3 is 4.90 Å². The van der Waals surface area contributed by atoms with E-state index in [1.54, 1.807) is 0 Å². The highest BCUT2D eigenvalue weighted by Crippen LogP contribution is 2.44. The van der Waals surface area contributed by atoms with Gasteiger partial charge in [0, 0.05) is 23.8 Å². The zero-order valence-electron chi connectivity index (χ0n) is 22.3. The summed E-state index contributed by atoms with van der Waals surface area (Å²) < 4.78 is 0. The minimum Gasteiger partial charge on any atom is -0.345 e. The van der Waals surface area contributed by atoms with Crippen molar-refractivity contribution in [2.75, 3.05) is 11.9 Å². The second-order valence-corrected chi connectivity index (χ2v) is 11.4. The van der Waals surface area contributed by atoms with Gasteiger partial charge in [0.25, 0.3) is 0 Å². The SMILES string of the molecule is CC(C)c1cc(C(C)C)c2ccc3c4c(cc5ccc1c2c53)B(c1ccccc1)c1ccccc1N4C. The van der Waals surface area contributed by atoms with Crippen LogP contribution in [-0.4, -0.2) is 13.8 Å². The van der Waals surface area contributed by atoms with E-state index in [-0.39, 0.29) is 6.71 Å². The summed E-state index contributed by atoms with van der Waals surface area (Å²) in [7, 11) is 2.24. The summed E-state index contributed by atoms with van der Waals surface area (Å²) in [6.07, 6.45) is 0. The van der Waals surface area contributed by atoms with Gasteiger partial charge in [0.1, 0.15) is 0 Å². The Morgan fingerprint density at radius 1 is 0.595 bits per heavy atom. The molecule has 0 N–H and O–H groups in total. The average molecular weight is 477 g/mol. The van der Waals surface area contributed by atoms with Crippen LogP contribution in [0.1, 0.15) is 50.7 Å². The van der Waals surface area contributed by atoms with Gasteiger partial charge in [-0.15, -0.1) is 0 Å². The minimum atomic E-state index is 0.211. The van der Waals surface area contributed by atoms with Crippen molar-refractivity contribution in [3.63, 3.8) is 0 Å². The van der Waals surface area contributed by atoms with Gasteiger partial charge in [0.2, 0.25) is 6.71 Å². The molecule has 0 saturated carbocycles. The first kappa shape index (κ1) is 22.4. The fraction of sp³-hybridized carbons (Fsp3) is 0.200. The molecule has 0 aliphatic carbocycles. The summed E-state index contributed by atoms with van der Waals surface area (Å²) >= 11 is 0. The lowest BCUT2D eigenvalue weighted by molar-refractivity contribution is 0.847. The Morgan fingerprint density at radius 2 is 1.22 bits per heavy atom. The maximum absolute atomic E-state index is 2.48. The smallest absolute Gasteiger partial charge is 0.246 e. The van der Waals surface area contributed by atoms with Crippen molar-refractivity contribution in [3.8, 4) is 0 Å². The first-order chi connectivity index (χ1) is 18.0. The molecule has 0 fully saturated rings. The summed E-state index contributed by atoms with van der Waals surface area (Å²) in [6, 6.07) is 34.5. The third-order valence-corrected chi connectivity index (χ3v) is 8.60. The van der Waals surface area contributed by atoms with E-state index in [4.69, 9.17) is 0 Å². The number of benzene rings is 6. The van der Waals surface area contributed by atoms with Crippen LogP contribution in [0.4, 0.5) is 11.4 Å². The zero-order chi connectivity index (χ0) is 25.4. The predicted octanol–water partition coefficient (Wildman–Crippen LogP) is 7.43. The molecule has 7 rings (SSSR count). The van der Waals surface area contributed by atoms with E-state index in [2.05, 4.69) is 131 Å². The van der Waals surface area contributed by atoms with Gasteiger partial charge in [-0.1, -0.05) is 118 Å². The van der Waals surface area contributed by atoms with Crippen LogP contribution in [0.3, 0.4) is 0 Å². The molecule has 1 nitrogen and oxygen atoms in total. The molecular weight excluding hydrogens is 445 g/mol. The third-order valence-electron chi connectivity index (χ3n) is 8.60. The Morgan fingerprint density at radius 3 is 1.92 bits per heavy atom. The Hall–Kier alpha value is -3.78. The van der Waals surface area contributed by atoms with Gasteiger partial charge >= 0.3 is 0 Å². The predicted molar refractivity (Wildman–Crippen MR) is 164 cm³/mol. The lowest BCUT2D eigenvalue weighted by Gasteiger charge is -2.36. The summed E-state index contributed by atoms with van der Waals surface area (Å²) in [6.45, 7) is 9.52. The molecule has 0 bridgehead atoms. The Balaban J connectivity index is 1.65. The van der Waals surface area contributed by atoms with E-state index in [0.29, 0.717) is 11.8 Å². The lowest BCUT2D eigenvalue weighted by Crippen LogP contribution is -2.57. The highest BCUT2D eigenvalue weighted by molar-refractivity contribution is 6.98. The second-order valence-electron chi connectivity index (χ2n) is 11.4. The Kier molecular flexibility index (Phi) is 4.92. The molecule has 1 aliphatic heterocycles. The molecule has 0 aromatic heterocycles. The molecule has 1 heterocycles. The minimum absolute atomic E-state index is 0.211. The summed E-state index contributed by atoms with van der Waals surface area (Å²) in [4.78, 5) is 2.43.